The molecule has 0 amide bonds. The van der Waals surface area contributed by atoms with Gasteiger partial charge in [0.05, 0.1) is 6.10 Å². The van der Waals surface area contributed by atoms with Crippen LogP contribution in [0.2, 0.25) is 0 Å². The van der Waals surface area contributed by atoms with Crippen LogP contribution in [0.25, 0.3) is 10.8 Å². The maximum absolute atomic E-state index is 10.0. The summed E-state index contributed by atoms with van der Waals surface area (Å²) in [7, 11) is 0. The van der Waals surface area contributed by atoms with Gasteiger partial charge in [-0.3, -0.25) is 0 Å². The molecule has 19 heavy (non-hydrogen) atoms. The van der Waals surface area contributed by atoms with Crippen molar-refractivity contribution in [2.75, 3.05) is 0 Å². The lowest BCUT2D eigenvalue weighted by atomic mass is 10.1. The molecule has 3 rings (SSSR count). The van der Waals surface area contributed by atoms with Crippen molar-refractivity contribution < 1.29 is 14.9 Å². The van der Waals surface area contributed by atoms with Crippen molar-refractivity contribution in [3.8, 4) is 0 Å². The average molecular weight is 277 g/mol. The standard InChI is InChI=1S/C14H15NO3S/c1-8-11(16)12(17)13(18-8)15-7-6-9-4-2-3-5-10(9)14(15)19/h2-8,11-13,16-17H,1H3. The maximum Gasteiger partial charge on any atom is 0.163 e. The van der Waals surface area contributed by atoms with Crippen LogP contribution in [0.5, 0.6) is 0 Å². The van der Waals surface area contributed by atoms with Crippen LogP contribution in [0.15, 0.2) is 36.5 Å². The van der Waals surface area contributed by atoms with Crippen LogP contribution < -0.4 is 0 Å². The Morgan fingerprint density at radius 1 is 1.16 bits per heavy atom. The summed E-state index contributed by atoms with van der Waals surface area (Å²) < 4.78 is 7.90. The zero-order valence-electron chi connectivity index (χ0n) is 10.4. The summed E-state index contributed by atoms with van der Waals surface area (Å²) in [5.74, 6) is 0. The second kappa shape index (κ2) is 4.68. The van der Waals surface area contributed by atoms with Gasteiger partial charge >= 0.3 is 0 Å². The molecular formula is C14H15NO3S. The first-order valence-electron chi connectivity index (χ1n) is 6.21. The second-order valence-corrected chi connectivity index (χ2v) is 5.22. The lowest BCUT2D eigenvalue weighted by molar-refractivity contribution is -0.0329. The van der Waals surface area contributed by atoms with Crippen LogP contribution in [0.1, 0.15) is 13.2 Å². The molecule has 1 aromatic carbocycles. The number of hydrogen-bond donors (Lipinski definition) is 2. The van der Waals surface area contributed by atoms with Crippen molar-refractivity contribution in [3.05, 3.63) is 41.2 Å². The van der Waals surface area contributed by atoms with Crippen LogP contribution in [0, 0.1) is 4.64 Å². The number of hydrogen-bond acceptors (Lipinski definition) is 4. The first-order valence-corrected chi connectivity index (χ1v) is 6.62. The molecule has 0 spiro atoms. The summed E-state index contributed by atoms with van der Waals surface area (Å²) in [6.07, 6.45) is -1.11. The minimum atomic E-state index is -0.970. The molecule has 0 aliphatic carbocycles. The van der Waals surface area contributed by atoms with E-state index < -0.39 is 24.5 Å². The third-order valence-corrected chi connectivity index (χ3v) is 4.02. The zero-order valence-corrected chi connectivity index (χ0v) is 11.2. The predicted octanol–water partition coefficient (Wildman–Crippen LogP) is 2.01. The average Bonchev–Trinajstić information content (AvgIpc) is 2.67. The molecule has 1 aromatic heterocycles. The fraction of sp³-hybridized carbons (Fsp3) is 0.357. The Morgan fingerprint density at radius 3 is 2.58 bits per heavy atom. The Bertz CT molecular complexity index is 669. The van der Waals surface area contributed by atoms with E-state index in [1.807, 2.05) is 30.3 Å². The van der Waals surface area contributed by atoms with Gasteiger partial charge < -0.3 is 19.5 Å². The van der Waals surface area contributed by atoms with Crippen LogP contribution in [-0.4, -0.2) is 33.1 Å². The highest BCUT2D eigenvalue weighted by Gasteiger charge is 2.41. The number of aliphatic hydroxyl groups is 2. The Balaban J connectivity index is 2.12. The molecule has 5 heteroatoms. The molecule has 4 nitrogen and oxygen atoms in total. The Morgan fingerprint density at radius 2 is 1.89 bits per heavy atom. The van der Waals surface area contributed by atoms with E-state index in [1.54, 1.807) is 17.7 Å². The van der Waals surface area contributed by atoms with E-state index in [2.05, 4.69) is 0 Å². The van der Waals surface area contributed by atoms with Gasteiger partial charge in [0.15, 0.2) is 6.23 Å². The third-order valence-electron chi connectivity index (χ3n) is 3.59. The van der Waals surface area contributed by atoms with E-state index in [-0.39, 0.29) is 0 Å². The van der Waals surface area contributed by atoms with Gasteiger partial charge in [-0.1, -0.05) is 36.5 Å². The normalized spacial score (nSPS) is 30.9. The van der Waals surface area contributed by atoms with Crippen LogP contribution in [0.3, 0.4) is 0 Å². The van der Waals surface area contributed by atoms with Crippen molar-refractivity contribution in [1.82, 2.24) is 4.57 Å². The van der Waals surface area contributed by atoms with Gasteiger partial charge in [-0.2, -0.15) is 0 Å². The molecule has 1 aliphatic heterocycles. The Hall–Kier alpha value is -1.27. The fourth-order valence-corrected chi connectivity index (χ4v) is 2.81. The molecule has 1 saturated heterocycles. The quantitative estimate of drug-likeness (QED) is 0.783. The Kier molecular flexibility index (Phi) is 3.14. The predicted molar refractivity (Wildman–Crippen MR) is 74.4 cm³/mol. The molecule has 1 aliphatic rings. The van der Waals surface area contributed by atoms with Crippen LogP contribution in [0.4, 0.5) is 0 Å². The summed E-state index contributed by atoms with van der Waals surface area (Å²) in [6.45, 7) is 1.73. The van der Waals surface area contributed by atoms with Gasteiger partial charge in [0.2, 0.25) is 0 Å². The minimum Gasteiger partial charge on any atom is -0.388 e. The number of aromatic nitrogens is 1. The van der Waals surface area contributed by atoms with Gasteiger partial charge in [0, 0.05) is 11.6 Å². The van der Waals surface area contributed by atoms with E-state index in [9.17, 15) is 10.2 Å². The monoisotopic (exact) mass is 277 g/mol. The van der Waals surface area contributed by atoms with Gasteiger partial charge in [-0.25, -0.2) is 0 Å². The molecule has 4 unspecified atom stereocenters. The number of aliphatic hydroxyl groups excluding tert-OH is 2. The second-order valence-electron chi connectivity index (χ2n) is 4.83. The van der Waals surface area contributed by atoms with Gasteiger partial charge in [-0.15, -0.1) is 0 Å². The van der Waals surface area contributed by atoms with Crippen LogP contribution in [-0.2, 0) is 4.74 Å². The lowest BCUT2D eigenvalue weighted by Crippen LogP contribution is -2.30. The molecule has 0 bridgehead atoms. The number of pyridine rings is 1. The van der Waals surface area contributed by atoms with Gasteiger partial charge in [0.1, 0.15) is 16.8 Å². The molecule has 100 valence electrons. The third kappa shape index (κ3) is 1.99. The number of benzene rings is 1. The van der Waals surface area contributed by atoms with E-state index in [0.717, 1.165) is 10.8 Å². The molecule has 2 heterocycles. The SMILES string of the molecule is CC1OC(n2ccc3ccccc3c2=S)C(O)C1O. The summed E-state index contributed by atoms with van der Waals surface area (Å²) >= 11 is 5.45. The minimum absolute atomic E-state index is 0.409. The first-order chi connectivity index (χ1) is 9.09. The summed E-state index contributed by atoms with van der Waals surface area (Å²) in [5.41, 5.74) is 0. The first kappa shape index (κ1) is 12.7. The van der Waals surface area contributed by atoms with E-state index in [4.69, 9.17) is 17.0 Å². The van der Waals surface area contributed by atoms with E-state index >= 15 is 0 Å². The highest BCUT2D eigenvalue weighted by molar-refractivity contribution is 7.71. The number of ether oxygens (including phenoxy) is 1. The molecular weight excluding hydrogens is 262 g/mol. The van der Waals surface area contributed by atoms with Crippen molar-refractivity contribution in [3.63, 3.8) is 0 Å². The maximum atomic E-state index is 10.0. The summed E-state index contributed by atoms with van der Waals surface area (Å²) in [5, 5.41) is 21.8. The summed E-state index contributed by atoms with van der Waals surface area (Å²) in [4.78, 5) is 0. The van der Waals surface area contributed by atoms with Crippen molar-refractivity contribution in [2.45, 2.75) is 31.5 Å². The van der Waals surface area contributed by atoms with Gasteiger partial charge in [0.25, 0.3) is 0 Å². The van der Waals surface area contributed by atoms with Crippen LogP contribution >= 0.6 is 12.2 Å². The topological polar surface area (TPSA) is 54.6 Å². The molecule has 4 atom stereocenters. The number of nitrogens with zero attached hydrogens (tertiary/aromatic N) is 1. The molecule has 0 saturated carbocycles. The highest BCUT2D eigenvalue weighted by atomic mass is 32.1. The number of rotatable bonds is 1. The Labute approximate surface area is 115 Å². The van der Waals surface area contributed by atoms with Crippen molar-refractivity contribution in [2.24, 2.45) is 0 Å². The van der Waals surface area contributed by atoms with Gasteiger partial charge in [-0.05, 0) is 18.4 Å². The highest BCUT2D eigenvalue weighted by Crippen LogP contribution is 2.30. The van der Waals surface area contributed by atoms with E-state index in [1.165, 1.54) is 0 Å². The van der Waals surface area contributed by atoms with E-state index in [0.29, 0.717) is 4.64 Å². The largest absolute Gasteiger partial charge is 0.388 e. The lowest BCUT2D eigenvalue weighted by Gasteiger charge is -2.19. The zero-order chi connectivity index (χ0) is 13.6. The summed E-state index contributed by atoms with van der Waals surface area (Å²) in [6, 6.07) is 9.73. The smallest absolute Gasteiger partial charge is 0.163 e. The molecule has 0 radical (unpaired) electrons. The number of fused-ring (bicyclic) bond motifs is 1. The van der Waals surface area contributed by atoms with Crippen molar-refractivity contribution in [1.29, 1.82) is 0 Å². The fourth-order valence-electron chi connectivity index (χ4n) is 2.46. The molecule has 2 N–H and O–H groups in total. The molecule has 1 fully saturated rings. The molecule has 2 aromatic rings. The van der Waals surface area contributed by atoms with Crippen molar-refractivity contribution >= 4 is 23.0 Å².